The van der Waals surface area contributed by atoms with Gasteiger partial charge in [-0.15, -0.1) is 0 Å². The molecule has 0 N–H and O–H groups in total. The average molecular weight is 581 g/mol. The van der Waals surface area contributed by atoms with Gasteiger partial charge in [-0.3, -0.25) is 0 Å². The van der Waals surface area contributed by atoms with Crippen molar-refractivity contribution < 1.29 is 4.74 Å². The van der Waals surface area contributed by atoms with Crippen LogP contribution in [-0.2, 0) is 5.41 Å². The summed E-state index contributed by atoms with van der Waals surface area (Å²) in [6.45, 7) is 13.7. The molecular formula is C43H37BO. The molecule has 6 aromatic rings. The lowest BCUT2D eigenvalue weighted by Gasteiger charge is -2.42. The molecule has 218 valence electrons. The normalized spacial score (nSPS) is 13.9. The van der Waals surface area contributed by atoms with E-state index in [9.17, 15) is 0 Å². The third kappa shape index (κ3) is 4.46. The van der Waals surface area contributed by atoms with Crippen LogP contribution in [0.25, 0.3) is 33.4 Å². The van der Waals surface area contributed by atoms with Gasteiger partial charge in [-0.1, -0.05) is 121 Å². The van der Waals surface area contributed by atoms with Crippen LogP contribution in [0.5, 0.6) is 11.5 Å². The van der Waals surface area contributed by atoms with E-state index in [1.807, 2.05) is 0 Å². The van der Waals surface area contributed by atoms with E-state index in [1.54, 1.807) is 0 Å². The number of fused-ring (bicyclic) bond motifs is 4. The lowest BCUT2D eigenvalue weighted by Crippen LogP contribution is -2.62. The van der Waals surface area contributed by atoms with E-state index in [0.717, 1.165) is 11.5 Å². The Bertz CT molecular complexity index is 2070. The van der Waals surface area contributed by atoms with E-state index in [1.165, 1.54) is 83.1 Å². The smallest absolute Gasteiger partial charge is 0.251 e. The van der Waals surface area contributed by atoms with Crippen LogP contribution in [0.1, 0.15) is 47.2 Å². The number of benzene rings is 6. The van der Waals surface area contributed by atoms with E-state index >= 15 is 0 Å². The van der Waals surface area contributed by atoms with Gasteiger partial charge in [0.25, 0.3) is 6.71 Å². The van der Waals surface area contributed by atoms with Crippen molar-refractivity contribution >= 4 is 23.1 Å². The first-order valence-electron chi connectivity index (χ1n) is 16.0. The van der Waals surface area contributed by atoms with Gasteiger partial charge >= 0.3 is 0 Å². The fourth-order valence-electron chi connectivity index (χ4n) is 7.78. The van der Waals surface area contributed by atoms with E-state index < -0.39 is 0 Å². The molecule has 2 aliphatic heterocycles. The third-order valence-corrected chi connectivity index (χ3v) is 10.1. The molecule has 0 amide bonds. The van der Waals surface area contributed by atoms with Gasteiger partial charge in [-0.05, 0) is 119 Å². The van der Waals surface area contributed by atoms with Crippen molar-refractivity contribution in [2.45, 2.75) is 47.0 Å². The Morgan fingerprint density at radius 3 is 1.62 bits per heavy atom. The Morgan fingerprint density at radius 1 is 0.467 bits per heavy atom. The monoisotopic (exact) mass is 580 g/mol. The van der Waals surface area contributed by atoms with Crippen LogP contribution in [0.15, 0.2) is 115 Å². The molecule has 0 aromatic heterocycles. The second-order valence-electron chi connectivity index (χ2n) is 13.7. The standard InChI is InChI=1S/C43H37BO/c1-26-7-13-30(14-8-26)33-22-34(31-15-9-27(2)10-16-31)24-35(23-33)32-17-18-37-36(25-32)43(5,6)41-29(4)12-20-40-42(41)44(37)38-21-28(3)11-19-39(38)45-40/h7-25H,1-6H3. The quantitative estimate of drug-likeness (QED) is 0.189. The van der Waals surface area contributed by atoms with Gasteiger partial charge in [0.15, 0.2) is 0 Å². The fourth-order valence-corrected chi connectivity index (χ4v) is 7.78. The molecule has 0 radical (unpaired) electrons. The largest absolute Gasteiger partial charge is 0.458 e. The van der Waals surface area contributed by atoms with E-state index in [4.69, 9.17) is 4.74 Å². The summed E-state index contributed by atoms with van der Waals surface area (Å²) >= 11 is 0. The molecule has 2 heteroatoms. The summed E-state index contributed by atoms with van der Waals surface area (Å²) < 4.78 is 6.56. The number of ether oxygens (including phenoxy) is 1. The molecule has 2 heterocycles. The van der Waals surface area contributed by atoms with Crippen LogP contribution >= 0.6 is 0 Å². The van der Waals surface area contributed by atoms with E-state index in [-0.39, 0.29) is 12.1 Å². The van der Waals surface area contributed by atoms with Crippen molar-refractivity contribution in [3.05, 3.63) is 149 Å². The van der Waals surface area contributed by atoms with Gasteiger partial charge in [-0.25, -0.2) is 0 Å². The first-order chi connectivity index (χ1) is 21.7. The topological polar surface area (TPSA) is 9.23 Å². The molecule has 0 bridgehead atoms. The predicted octanol–water partition coefficient (Wildman–Crippen LogP) is 9.18. The zero-order chi connectivity index (χ0) is 31.0. The molecule has 0 aliphatic carbocycles. The maximum Gasteiger partial charge on any atom is 0.251 e. The van der Waals surface area contributed by atoms with Crippen LogP contribution in [0.2, 0.25) is 0 Å². The molecule has 0 spiro atoms. The first kappa shape index (κ1) is 27.7. The number of hydrogen-bond donors (Lipinski definition) is 0. The number of hydrogen-bond acceptors (Lipinski definition) is 1. The van der Waals surface area contributed by atoms with Crippen LogP contribution in [0.3, 0.4) is 0 Å². The Morgan fingerprint density at radius 2 is 1.00 bits per heavy atom. The minimum atomic E-state index is -0.184. The zero-order valence-corrected chi connectivity index (χ0v) is 27.0. The van der Waals surface area contributed by atoms with Crippen molar-refractivity contribution in [2.24, 2.45) is 0 Å². The highest BCUT2D eigenvalue weighted by Crippen LogP contribution is 2.42. The molecule has 2 aliphatic rings. The Kier molecular flexibility index (Phi) is 6.22. The summed E-state index contributed by atoms with van der Waals surface area (Å²) in [5.74, 6) is 1.96. The maximum absolute atomic E-state index is 6.56. The third-order valence-electron chi connectivity index (χ3n) is 10.1. The Balaban J connectivity index is 1.35. The fraction of sp³-hybridized carbons (Fsp3) is 0.163. The molecule has 45 heavy (non-hydrogen) atoms. The van der Waals surface area contributed by atoms with Gasteiger partial charge in [-0.2, -0.15) is 0 Å². The SMILES string of the molecule is Cc1ccc(-c2cc(-c3ccc(C)cc3)cc(-c3ccc4c(c3)C(C)(C)c3c(C)ccc5c3B4c3cc(C)ccc3O5)c2)cc1. The summed E-state index contributed by atoms with van der Waals surface area (Å²) in [5.41, 5.74) is 19.1. The molecule has 0 unspecified atom stereocenters. The lowest BCUT2D eigenvalue weighted by molar-refractivity contribution is 0.484. The van der Waals surface area contributed by atoms with Gasteiger partial charge in [0, 0.05) is 5.41 Å². The summed E-state index contributed by atoms with van der Waals surface area (Å²) in [6.07, 6.45) is 0. The predicted molar refractivity (Wildman–Crippen MR) is 191 cm³/mol. The minimum absolute atomic E-state index is 0.151. The minimum Gasteiger partial charge on any atom is -0.458 e. The zero-order valence-electron chi connectivity index (χ0n) is 27.0. The van der Waals surface area contributed by atoms with Crippen LogP contribution in [-0.4, -0.2) is 6.71 Å². The molecule has 6 aromatic carbocycles. The Hall–Kier alpha value is -4.82. The summed E-state index contributed by atoms with van der Waals surface area (Å²) in [6, 6.07) is 43.1. The van der Waals surface area contributed by atoms with Crippen LogP contribution in [0, 0.1) is 27.7 Å². The van der Waals surface area contributed by atoms with Crippen molar-refractivity contribution in [1.29, 1.82) is 0 Å². The molecule has 0 saturated heterocycles. The highest BCUT2D eigenvalue weighted by atomic mass is 16.5. The van der Waals surface area contributed by atoms with E-state index in [2.05, 4.69) is 157 Å². The summed E-state index contributed by atoms with van der Waals surface area (Å²) in [7, 11) is 0. The number of aryl methyl sites for hydroxylation is 4. The van der Waals surface area contributed by atoms with Crippen molar-refractivity contribution in [1.82, 2.24) is 0 Å². The van der Waals surface area contributed by atoms with Crippen LogP contribution < -0.4 is 21.1 Å². The second-order valence-corrected chi connectivity index (χ2v) is 13.7. The Labute approximate surface area is 267 Å². The molecule has 1 nitrogen and oxygen atoms in total. The van der Waals surface area contributed by atoms with Crippen molar-refractivity contribution in [2.75, 3.05) is 0 Å². The highest BCUT2D eigenvalue weighted by molar-refractivity contribution is 6.98. The molecular weight excluding hydrogens is 543 g/mol. The van der Waals surface area contributed by atoms with Crippen LogP contribution in [0.4, 0.5) is 0 Å². The van der Waals surface area contributed by atoms with Gasteiger partial charge < -0.3 is 4.74 Å². The molecule has 0 atom stereocenters. The van der Waals surface area contributed by atoms with Crippen molar-refractivity contribution in [3.63, 3.8) is 0 Å². The molecule has 0 fully saturated rings. The lowest BCUT2D eigenvalue weighted by atomic mass is 9.30. The summed E-state index contributed by atoms with van der Waals surface area (Å²) in [4.78, 5) is 0. The van der Waals surface area contributed by atoms with Gasteiger partial charge in [0.05, 0.1) is 0 Å². The van der Waals surface area contributed by atoms with Crippen molar-refractivity contribution in [3.8, 4) is 44.9 Å². The second kappa shape index (κ2) is 10.1. The summed E-state index contributed by atoms with van der Waals surface area (Å²) in [5, 5.41) is 0. The average Bonchev–Trinajstić information content (AvgIpc) is 3.03. The highest BCUT2D eigenvalue weighted by Gasteiger charge is 2.45. The van der Waals surface area contributed by atoms with E-state index in [0.29, 0.717) is 0 Å². The first-order valence-corrected chi connectivity index (χ1v) is 16.0. The molecule has 0 saturated carbocycles. The van der Waals surface area contributed by atoms with Gasteiger partial charge in [0.2, 0.25) is 0 Å². The maximum atomic E-state index is 6.56. The number of rotatable bonds is 3. The van der Waals surface area contributed by atoms with Gasteiger partial charge in [0.1, 0.15) is 11.5 Å². The molecule has 8 rings (SSSR count).